The van der Waals surface area contributed by atoms with Crippen LogP contribution in [0.5, 0.6) is 11.5 Å². The van der Waals surface area contributed by atoms with E-state index in [0.29, 0.717) is 35.8 Å². The first kappa shape index (κ1) is 27.2. The lowest BCUT2D eigenvalue weighted by Crippen LogP contribution is -2.21. The summed E-state index contributed by atoms with van der Waals surface area (Å²) in [6.07, 6.45) is 5.53. The zero-order valence-electron chi connectivity index (χ0n) is 21.2. The predicted octanol–water partition coefficient (Wildman–Crippen LogP) is 6.02. The summed E-state index contributed by atoms with van der Waals surface area (Å²) in [5.41, 5.74) is 3.31. The fourth-order valence-electron chi connectivity index (χ4n) is 3.98. The fraction of sp³-hybridized carbons (Fsp3) is 0.500. The lowest BCUT2D eigenvalue weighted by molar-refractivity contribution is 0.111. The molecular weight excluding hydrogens is 428 g/mol. The molecule has 0 saturated carbocycles. The van der Waals surface area contributed by atoms with Crippen LogP contribution in [0.2, 0.25) is 0 Å². The third kappa shape index (κ3) is 7.79. The minimum absolute atomic E-state index is 0.574. The van der Waals surface area contributed by atoms with Gasteiger partial charge in [0.1, 0.15) is 11.5 Å². The maximum absolute atomic E-state index is 11.4. The molecule has 2 aromatic carbocycles. The number of nitrogens with zero attached hydrogens (tertiary/aromatic N) is 2. The average molecular weight is 469 g/mol. The van der Waals surface area contributed by atoms with Crippen molar-refractivity contribution in [1.82, 2.24) is 0 Å². The monoisotopic (exact) mass is 468 g/mol. The first-order chi connectivity index (χ1) is 16.6. The molecule has 0 unspecified atom stereocenters. The van der Waals surface area contributed by atoms with E-state index < -0.39 is 0 Å². The number of aldehydes is 2. The van der Waals surface area contributed by atoms with Crippen molar-refractivity contribution in [3.63, 3.8) is 0 Å². The van der Waals surface area contributed by atoms with Gasteiger partial charge in [-0.2, -0.15) is 0 Å². The Kier molecular flexibility index (Phi) is 12.0. The van der Waals surface area contributed by atoms with Gasteiger partial charge in [0.05, 0.1) is 24.3 Å². The van der Waals surface area contributed by atoms with E-state index >= 15 is 0 Å². The maximum atomic E-state index is 11.4. The van der Waals surface area contributed by atoms with Crippen molar-refractivity contribution in [1.29, 1.82) is 0 Å². The van der Waals surface area contributed by atoms with E-state index in [1.54, 1.807) is 0 Å². The van der Waals surface area contributed by atoms with Crippen molar-refractivity contribution in [2.45, 2.75) is 53.4 Å². The Labute approximate surface area is 204 Å². The van der Waals surface area contributed by atoms with Gasteiger partial charge in [0.15, 0.2) is 12.6 Å². The van der Waals surface area contributed by atoms with E-state index in [0.717, 1.165) is 75.8 Å². The van der Waals surface area contributed by atoms with Gasteiger partial charge in [-0.15, -0.1) is 0 Å². The standard InChI is InChI=1S/C28H40N2O4/c1-5-29(6-2)25-15-13-23(21-31)27(19-25)33-17-11-9-10-12-18-34-28-20-26(30(7-3)8-4)16-14-24(28)22-32/h13-16,19-22H,5-12,17-18H2,1-4H3. The molecule has 0 saturated heterocycles. The van der Waals surface area contributed by atoms with E-state index in [1.807, 2.05) is 36.4 Å². The zero-order chi connectivity index (χ0) is 24.8. The molecule has 6 heteroatoms. The van der Waals surface area contributed by atoms with Crippen LogP contribution >= 0.6 is 0 Å². The molecule has 0 aromatic heterocycles. The molecule has 0 aliphatic heterocycles. The maximum Gasteiger partial charge on any atom is 0.153 e. The summed E-state index contributed by atoms with van der Waals surface area (Å²) in [5.74, 6) is 1.30. The van der Waals surface area contributed by atoms with Gasteiger partial charge in [-0.3, -0.25) is 9.59 Å². The summed E-state index contributed by atoms with van der Waals surface area (Å²) in [6, 6.07) is 11.5. The van der Waals surface area contributed by atoms with Gasteiger partial charge in [-0.1, -0.05) is 0 Å². The summed E-state index contributed by atoms with van der Waals surface area (Å²) < 4.78 is 11.9. The number of anilines is 2. The molecule has 0 aliphatic rings. The van der Waals surface area contributed by atoms with E-state index in [2.05, 4.69) is 37.5 Å². The van der Waals surface area contributed by atoms with Crippen LogP contribution in [0.3, 0.4) is 0 Å². The highest BCUT2D eigenvalue weighted by Gasteiger charge is 2.10. The van der Waals surface area contributed by atoms with Crippen molar-refractivity contribution in [3.05, 3.63) is 47.5 Å². The quantitative estimate of drug-likeness (QED) is 0.209. The van der Waals surface area contributed by atoms with Gasteiger partial charge in [-0.25, -0.2) is 0 Å². The molecule has 0 amide bonds. The molecule has 0 bridgehead atoms. The molecule has 2 rings (SSSR count). The number of hydrogen-bond acceptors (Lipinski definition) is 6. The van der Waals surface area contributed by atoms with Crippen LogP contribution < -0.4 is 19.3 Å². The SMILES string of the molecule is CCN(CC)c1ccc(C=O)c(OCCCCCCOc2cc(N(CC)CC)ccc2C=O)c1. The van der Waals surface area contributed by atoms with Gasteiger partial charge in [0, 0.05) is 49.7 Å². The van der Waals surface area contributed by atoms with Crippen molar-refractivity contribution in [3.8, 4) is 11.5 Å². The second kappa shape index (κ2) is 15.0. The van der Waals surface area contributed by atoms with Crippen LogP contribution in [0.4, 0.5) is 11.4 Å². The molecule has 0 aliphatic carbocycles. The Balaban J connectivity index is 1.77. The first-order valence-electron chi connectivity index (χ1n) is 12.6. The van der Waals surface area contributed by atoms with Crippen molar-refractivity contribution in [2.24, 2.45) is 0 Å². The molecule has 0 atom stereocenters. The zero-order valence-corrected chi connectivity index (χ0v) is 21.2. The number of carbonyl (C=O) groups excluding carboxylic acids is 2. The van der Waals surface area contributed by atoms with Gasteiger partial charge in [0.25, 0.3) is 0 Å². The molecule has 0 spiro atoms. The average Bonchev–Trinajstić information content (AvgIpc) is 2.87. The molecule has 6 nitrogen and oxygen atoms in total. The molecule has 0 radical (unpaired) electrons. The van der Waals surface area contributed by atoms with Crippen LogP contribution in [-0.2, 0) is 0 Å². The topological polar surface area (TPSA) is 59.1 Å². The highest BCUT2D eigenvalue weighted by molar-refractivity contribution is 5.81. The normalized spacial score (nSPS) is 10.6. The Hall–Kier alpha value is -3.02. The highest BCUT2D eigenvalue weighted by atomic mass is 16.5. The Morgan fingerprint density at radius 1 is 0.618 bits per heavy atom. The third-order valence-corrected chi connectivity index (χ3v) is 6.06. The van der Waals surface area contributed by atoms with Crippen molar-refractivity contribution >= 4 is 23.9 Å². The molecule has 0 heterocycles. The smallest absolute Gasteiger partial charge is 0.153 e. The molecule has 34 heavy (non-hydrogen) atoms. The van der Waals surface area contributed by atoms with E-state index in [4.69, 9.17) is 9.47 Å². The summed E-state index contributed by atoms with van der Waals surface area (Å²) in [6.45, 7) is 13.2. The Morgan fingerprint density at radius 2 is 1.00 bits per heavy atom. The molecule has 0 N–H and O–H groups in total. The molecule has 0 fully saturated rings. The van der Waals surface area contributed by atoms with Crippen LogP contribution in [0, 0.1) is 0 Å². The van der Waals surface area contributed by atoms with Crippen molar-refractivity contribution in [2.75, 3.05) is 49.2 Å². The van der Waals surface area contributed by atoms with Gasteiger partial charge in [-0.05, 0) is 77.6 Å². The van der Waals surface area contributed by atoms with Gasteiger partial charge < -0.3 is 19.3 Å². The van der Waals surface area contributed by atoms with Gasteiger partial charge >= 0.3 is 0 Å². The summed E-state index contributed by atoms with van der Waals surface area (Å²) >= 11 is 0. The van der Waals surface area contributed by atoms with Crippen LogP contribution in [-0.4, -0.2) is 52.0 Å². The van der Waals surface area contributed by atoms with Gasteiger partial charge in [0.2, 0.25) is 0 Å². The molecule has 186 valence electrons. The number of unbranched alkanes of at least 4 members (excludes halogenated alkanes) is 3. The number of carbonyl (C=O) groups is 2. The number of rotatable bonds is 17. The number of ether oxygens (including phenoxy) is 2. The summed E-state index contributed by atoms with van der Waals surface area (Å²) in [5, 5.41) is 0. The van der Waals surface area contributed by atoms with Crippen molar-refractivity contribution < 1.29 is 19.1 Å². The second-order valence-corrected chi connectivity index (χ2v) is 8.14. The minimum atomic E-state index is 0.574. The van der Waals surface area contributed by atoms with Crippen LogP contribution in [0.25, 0.3) is 0 Å². The molecular formula is C28H40N2O4. The fourth-order valence-corrected chi connectivity index (χ4v) is 3.98. The van der Waals surface area contributed by atoms with Crippen LogP contribution in [0.15, 0.2) is 36.4 Å². The lowest BCUT2D eigenvalue weighted by Gasteiger charge is -2.22. The van der Waals surface area contributed by atoms with E-state index in [-0.39, 0.29) is 0 Å². The first-order valence-corrected chi connectivity index (χ1v) is 12.6. The number of hydrogen-bond donors (Lipinski definition) is 0. The Bertz CT molecular complexity index is 818. The van der Waals surface area contributed by atoms with E-state index in [9.17, 15) is 9.59 Å². The molecule has 2 aromatic rings. The van der Waals surface area contributed by atoms with Crippen LogP contribution in [0.1, 0.15) is 74.1 Å². The summed E-state index contributed by atoms with van der Waals surface area (Å²) in [7, 11) is 0. The van der Waals surface area contributed by atoms with E-state index in [1.165, 1.54) is 0 Å². The summed E-state index contributed by atoms with van der Waals surface area (Å²) in [4.78, 5) is 27.2. The highest BCUT2D eigenvalue weighted by Crippen LogP contribution is 2.26. The second-order valence-electron chi connectivity index (χ2n) is 8.14. The Morgan fingerprint density at radius 3 is 1.32 bits per heavy atom. The minimum Gasteiger partial charge on any atom is -0.493 e. The predicted molar refractivity (Wildman–Crippen MR) is 140 cm³/mol. The largest absolute Gasteiger partial charge is 0.493 e. The third-order valence-electron chi connectivity index (χ3n) is 6.06. The number of benzene rings is 2. The lowest BCUT2D eigenvalue weighted by atomic mass is 10.1.